The van der Waals surface area contributed by atoms with Crippen molar-refractivity contribution in [2.75, 3.05) is 5.43 Å². The van der Waals surface area contributed by atoms with Crippen molar-refractivity contribution in [1.29, 1.82) is 0 Å². The Balaban J connectivity index is 1.99. The van der Waals surface area contributed by atoms with E-state index in [-0.39, 0.29) is 11.4 Å². The predicted molar refractivity (Wildman–Crippen MR) is 92.9 cm³/mol. The van der Waals surface area contributed by atoms with Gasteiger partial charge in [0.15, 0.2) is 0 Å². The number of nitro benzene ring substituents is 2. The highest BCUT2D eigenvalue weighted by atomic mass is 16.6. The average molecular weight is 336 g/mol. The number of hydrogen-bond donors (Lipinski definition) is 1. The molecule has 0 saturated heterocycles. The van der Waals surface area contributed by atoms with E-state index in [0.717, 1.165) is 16.8 Å². The van der Waals surface area contributed by atoms with Crippen LogP contribution in [0.5, 0.6) is 0 Å². The number of nitrogens with one attached hydrogen (secondary N) is 1. The molecule has 0 heterocycles. The number of rotatable bonds is 4. The van der Waals surface area contributed by atoms with Crippen LogP contribution in [0.1, 0.15) is 0 Å². The third-order valence-corrected chi connectivity index (χ3v) is 3.56. The molecule has 0 unspecified atom stereocenters. The third-order valence-electron chi connectivity index (χ3n) is 3.56. The summed E-state index contributed by atoms with van der Waals surface area (Å²) in [5, 5.41) is 28.6. The molecule has 0 spiro atoms. The van der Waals surface area contributed by atoms with Gasteiger partial charge in [-0.25, -0.2) is 0 Å². The van der Waals surface area contributed by atoms with E-state index in [9.17, 15) is 20.2 Å². The van der Waals surface area contributed by atoms with Gasteiger partial charge < -0.3 is 0 Å². The highest BCUT2D eigenvalue weighted by Crippen LogP contribution is 2.28. The van der Waals surface area contributed by atoms with E-state index in [1.54, 1.807) is 12.1 Å². The molecule has 0 aliphatic rings. The van der Waals surface area contributed by atoms with Crippen molar-refractivity contribution < 1.29 is 9.85 Å². The van der Waals surface area contributed by atoms with E-state index in [1.165, 1.54) is 12.1 Å². The summed E-state index contributed by atoms with van der Waals surface area (Å²) >= 11 is 0. The lowest BCUT2D eigenvalue weighted by molar-refractivity contribution is -0.393. The van der Waals surface area contributed by atoms with Gasteiger partial charge in [-0.1, -0.05) is 36.4 Å². The fourth-order valence-electron chi connectivity index (χ4n) is 2.30. The molecule has 8 heteroatoms. The van der Waals surface area contributed by atoms with Gasteiger partial charge in [0.25, 0.3) is 5.69 Å². The van der Waals surface area contributed by atoms with Crippen molar-refractivity contribution in [3.05, 3.63) is 92.3 Å². The van der Waals surface area contributed by atoms with E-state index in [4.69, 9.17) is 0 Å². The minimum Gasteiger partial charge on any atom is -0.271 e. The van der Waals surface area contributed by atoms with Crippen molar-refractivity contribution in [2.45, 2.75) is 0 Å². The zero-order chi connectivity index (χ0) is 17.8. The number of fused-ring (bicyclic) bond motifs is 1. The zero-order valence-electron chi connectivity index (χ0n) is 12.8. The number of hydrogen-bond acceptors (Lipinski definition) is 6. The van der Waals surface area contributed by atoms with Gasteiger partial charge in [0.2, 0.25) is 0 Å². The lowest BCUT2D eigenvalue weighted by Gasteiger charge is -2.01. The molecule has 124 valence electrons. The van der Waals surface area contributed by atoms with Gasteiger partial charge >= 0.3 is 5.69 Å². The maximum Gasteiger partial charge on any atom is 0.301 e. The summed E-state index contributed by atoms with van der Waals surface area (Å²) in [4.78, 5) is 20.5. The second kappa shape index (κ2) is 6.75. The molecule has 0 fully saturated rings. The number of nitrogens with zero attached hydrogens (tertiary/aromatic N) is 3. The summed E-state index contributed by atoms with van der Waals surface area (Å²) in [6.07, 6.45) is 0. The summed E-state index contributed by atoms with van der Waals surface area (Å²) in [6.45, 7) is 0. The third kappa shape index (κ3) is 3.58. The summed E-state index contributed by atoms with van der Waals surface area (Å²) in [7, 11) is 0. The molecule has 0 aliphatic carbocycles. The Morgan fingerprint density at radius 3 is 2.00 bits per heavy atom. The first kappa shape index (κ1) is 16.1. The Kier molecular flexibility index (Phi) is 4.34. The standard InChI is InChI=1S/C17H12N4O4/c22-20(23)15-9-10-16(17(11-15)21(24)25)19-18-14-7-5-12-3-1-2-4-13(12)6-8-14/h1-11,19H. The lowest BCUT2D eigenvalue weighted by atomic mass is 10.2. The Morgan fingerprint density at radius 2 is 1.44 bits per heavy atom. The van der Waals surface area contributed by atoms with Crippen LogP contribution in [0.15, 0.2) is 71.8 Å². The quantitative estimate of drug-likeness (QED) is 0.578. The molecule has 3 aromatic carbocycles. The molecule has 0 bridgehead atoms. The molecule has 25 heavy (non-hydrogen) atoms. The maximum absolute atomic E-state index is 11.1. The van der Waals surface area contributed by atoms with Gasteiger partial charge in [-0.15, -0.1) is 0 Å². The van der Waals surface area contributed by atoms with Crippen LogP contribution in [0.4, 0.5) is 17.1 Å². The van der Waals surface area contributed by atoms with E-state index in [2.05, 4.69) is 10.5 Å². The van der Waals surface area contributed by atoms with Gasteiger partial charge in [0.05, 0.1) is 21.3 Å². The molecule has 0 amide bonds. The molecular formula is C17H12N4O4. The van der Waals surface area contributed by atoms with Crippen molar-refractivity contribution >= 4 is 27.8 Å². The van der Waals surface area contributed by atoms with Gasteiger partial charge in [-0.2, -0.15) is 5.10 Å². The van der Waals surface area contributed by atoms with Crippen LogP contribution >= 0.6 is 0 Å². The normalized spacial score (nSPS) is 10.2. The second-order valence-corrected chi connectivity index (χ2v) is 5.16. The van der Waals surface area contributed by atoms with Crippen molar-refractivity contribution in [3.63, 3.8) is 0 Å². The first-order valence-electron chi connectivity index (χ1n) is 7.26. The molecule has 3 rings (SSSR count). The van der Waals surface area contributed by atoms with Crippen LogP contribution in [0.25, 0.3) is 10.8 Å². The van der Waals surface area contributed by atoms with Crippen LogP contribution in [-0.4, -0.2) is 9.85 Å². The van der Waals surface area contributed by atoms with Crippen LogP contribution in [-0.2, 0) is 0 Å². The SMILES string of the molecule is O=[N+]([O-])c1ccc(NN=c2ccc3ccccc3cc2)c([N+](=O)[O-])c1. The highest BCUT2D eigenvalue weighted by Gasteiger charge is 2.19. The topological polar surface area (TPSA) is 111 Å². The van der Waals surface area contributed by atoms with E-state index in [1.807, 2.05) is 36.4 Å². The molecule has 3 aromatic rings. The Bertz CT molecular complexity index is 1010. The first-order valence-corrected chi connectivity index (χ1v) is 7.26. The molecule has 0 radical (unpaired) electrons. The number of nitro groups is 2. The second-order valence-electron chi connectivity index (χ2n) is 5.16. The fourth-order valence-corrected chi connectivity index (χ4v) is 2.30. The molecule has 0 saturated carbocycles. The average Bonchev–Trinajstić information content (AvgIpc) is 2.82. The minimum absolute atomic E-state index is 0.0756. The molecule has 0 aromatic heterocycles. The Labute approximate surface area is 141 Å². The Morgan fingerprint density at radius 1 is 0.800 bits per heavy atom. The van der Waals surface area contributed by atoms with Crippen molar-refractivity contribution in [3.8, 4) is 0 Å². The summed E-state index contributed by atoms with van der Waals surface area (Å²) in [5.41, 5.74) is 1.92. The van der Waals surface area contributed by atoms with E-state index < -0.39 is 15.5 Å². The number of non-ortho nitro benzene ring substituents is 1. The summed E-state index contributed by atoms with van der Waals surface area (Å²) in [5.74, 6) is 0. The zero-order valence-corrected chi connectivity index (χ0v) is 12.8. The van der Waals surface area contributed by atoms with Crippen molar-refractivity contribution in [1.82, 2.24) is 0 Å². The molecular weight excluding hydrogens is 324 g/mol. The smallest absolute Gasteiger partial charge is 0.271 e. The lowest BCUT2D eigenvalue weighted by Crippen LogP contribution is -2.04. The maximum atomic E-state index is 11.1. The van der Waals surface area contributed by atoms with E-state index >= 15 is 0 Å². The van der Waals surface area contributed by atoms with E-state index in [0.29, 0.717) is 5.36 Å². The molecule has 0 aliphatic heterocycles. The monoisotopic (exact) mass is 336 g/mol. The van der Waals surface area contributed by atoms with Crippen LogP contribution in [0, 0.1) is 20.2 Å². The molecule has 0 atom stereocenters. The fraction of sp³-hybridized carbons (Fsp3) is 0. The predicted octanol–water partition coefficient (Wildman–Crippen LogP) is 3.58. The number of benzene rings is 2. The first-order chi connectivity index (χ1) is 12.0. The highest BCUT2D eigenvalue weighted by molar-refractivity contribution is 5.81. The summed E-state index contributed by atoms with van der Waals surface area (Å²) in [6, 6.07) is 18.5. The van der Waals surface area contributed by atoms with Crippen molar-refractivity contribution in [2.24, 2.45) is 5.10 Å². The molecule has 8 nitrogen and oxygen atoms in total. The summed E-state index contributed by atoms with van der Waals surface area (Å²) < 4.78 is 0. The molecule has 1 N–H and O–H groups in total. The van der Waals surface area contributed by atoms with Crippen LogP contribution in [0.2, 0.25) is 0 Å². The van der Waals surface area contributed by atoms with Crippen LogP contribution in [0.3, 0.4) is 0 Å². The van der Waals surface area contributed by atoms with Crippen LogP contribution < -0.4 is 10.8 Å². The largest absolute Gasteiger partial charge is 0.301 e. The minimum atomic E-state index is -0.690. The Hall–Kier alpha value is -3.81. The van der Waals surface area contributed by atoms with Gasteiger partial charge in [0.1, 0.15) is 5.69 Å². The van der Waals surface area contributed by atoms with Gasteiger partial charge in [-0.3, -0.25) is 25.7 Å². The van der Waals surface area contributed by atoms with Gasteiger partial charge in [0, 0.05) is 6.07 Å². The number of anilines is 1. The van der Waals surface area contributed by atoms with Gasteiger partial charge in [-0.05, 0) is 29.0 Å².